The Bertz CT molecular complexity index is 723. The molecule has 6 heteroatoms. The molecule has 5 nitrogen and oxygen atoms in total. The zero-order chi connectivity index (χ0) is 13.4. The molecule has 98 valence electrons. The first-order valence-electron chi connectivity index (χ1n) is 5.77. The topological polar surface area (TPSA) is 57.5 Å². The molecule has 0 amide bonds. The Kier molecular flexibility index (Phi) is 2.70. The third-order valence-corrected chi connectivity index (χ3v) is 2.98. The number of nitrogens with zero attached hydrogens (tertiary/aromatic N) is 1. The van der Waals surface area contributed by atoms with Gasteiger partial charge in [0.05, 0.1) is 6.54 Å². The minimum Gasteiger partial charge on any atom is -0.486 e. The molecule has 2 aromatic rings. The highest BCUT2D eigenvalue weighted by Gasteiger charge is 2.20. The van der Waals surface area contributed by atoms with Gasteiger partial charge in [0.2, 0.25) is 0 Å². The Hall–Kier alpha value is -2.37. The minimum absolute atomic E-state index is 0.157. The van der Waals surface area contributed by atoms with Gasteiger partial charge < -0.3 is 14.3 Å². The summed E-state index contributed by atoms with van der Waals surface area (Å²) < 4.78 is 25.9. The number of hydrogen-bond donors (Lipinski definition) is 0. The third kappa shape index (κ3) is 1.76. The monoisotopic (exact) mass is 263 g/mol. The van der Waals surface area contributed by atoms with Crippen LogP contribution in [0.2, 0.25) is 0 Å². The van der Waals surface area contributed by atoms with Crippen molar-refractivity contribution in [2.45, 2.75) is 6.54 Å². The van der Waals surface area contributed by atoms with Gasteiger partial charge in [-0.3, -0.25) is 9.36 Å². The van der Waals surface area contributed by atoms with Crippen molar-refractivity contribution in [3.63, 3.8) is 0 Å². The van der Waals surface area contributed by atoms with E-state index in [0.717, 1.165) is 6.07 Å². The van der Waals surface area contributed by atoms with Crippen molar-refractivity contribution in [3.8, 4) is 11.5 Å². The maximum atomic E-state index is 13.8. The number of rotatable bonds is 2. The van der Waals surface area contributed by atoms with E-state index >= 15 is 0 Å². The maximum Gasteiger partial charge on any atom is 0.254 e. The van der Waals surface area contributed by atoms with Crippen LogP contribution in [0.5, 0.6) is 11.5 Å². The smallest absolute Gasteiger partial charge is 0.254 e. The van der Waals surface area contributed by atoms with Crippen LogP contribution in [-0.4, -0.2) is 24.1 Å². The second-order valence-corrected chi connectivity index (χ2v) is 4.09. The van der Waals surface area contributed by atoms with Gasteiger partial charge in [0.1, 0.15) is 30.8 Å². The average Bonchev–Trinajstić information content (AvgIpc) is 2.42. The van der Waals surface area contributed by atoms with Gasteiger partial charge in [-0.15, -0.1) is 0 Å². The molecular formula is C13H10FNO4. The normalized spacial score (nSPS) is 13.5. The lowest BCUT2D eigenvalue weighted by molar-refractivity contribution is -0.108. The molecule has 0 saturated carbocycles. The SMILES string of the molecule is O=CCn1c(=O)cc(F)c2ccc3c(c21)OCCO3. The third-order valence-electron chi connectivity index (χ3n) is 2.98. The van der Waals surface area contributed by atoms with Crippen molar-refractivity contribution in [1.29, 1.82) is 0 Å². The summed E-state index contributed by atoms with van der Waals surface area (Å²) >= 11 is 0. The van der Waals surface area contributed by atoms with E-state index < -0.39 is 11.4 Å². The van der Waals surface area contributed by atoms with Crippen LogP contribution in [0, 0.1) is 5.82 Å². The Morgan fingerprint density at radius 2 is 2.11 bits per heavy atom. The molecule has 0 spiro atoms. The van der Waals surface area contributed by atoms with Crippen LogP contribution in [0.15, 0.2) is 23.0 Å². The molecule has 0 N–H and O–H groups in total. The first kappa shape index (κ1) is 11.7. The molecule has 0 radical (unpaired) electrons. The molecule has 1 aliphatic rings. The molecule has 0 atom stereocenters. The number of carbonyl (C=O) groups is 1. The number of pyridine rings is 1. The Labute approximate surface area is 107 Å². The molecule has 1 aromatic heterocycles. The van der Waals surface area contributed by atoms with Gasteiger partial charge in [-0.05, 0) is 12.1 Å². The summed E-state index contributed by atoms with van der Waals surface area (Å²) in [6.45, 7) is 0.555. The predicted octanol–water partition coefficient (Wildman–Crippen LogP) is 1.11. The van der Waals surface area contributed by atoms with E-state index in [2.05, 4.69) is 0 Å². The number of aldehydes is 1. The number of carbonyl (C=O) groups excluding carboxylic acids is 1. The highest BCUT2D eigenvalue weighted by Crippen LogP contribution is 2.37. The van der Waals surface area contributed by atoms with Gasteiger partial charge in [-0.1, -0.05) is 0 Å². The van der Waals surface area contributed by atoms with Gasteiger partial charge in [0.15, 0.2) is 11.5 Å². The van der Waals surface area contributed by atoms with E-state index in [4.69, 9.17) is 9.47 Å². The van der Waals surface area contributed by atoms with Crippen molar-refractivity contribution in [1.82, 2.24) is 4.57 Å². The van der Waals surface area contributed by atoms with E-state index in [0.29, 0.717) is 31.0 Å². The van der Waals surface area contributed by atoms with E-state index in [-0.39, 0.29) is 17.4 Å². The van der Waals surface area contributed by atoms with Gasteiger partial charge in [-0.25, -0.2) is 4.39 Å². The first-order chi connectivity index (χ1) is 9.22. The molecule has 3 rings (SSSR count). The summed E-state index contributed by atoms with van der Waals surface area (Å²) in [5, 5.41) is 0.228. The van der Waals surface area contributed by atoms with Gasteiger partial charge in [-0.2, -0.15) is 0 Å². The molecule has 2 heterocycles. The van der Waals surface area contributed by atoms with E-state index in [1.807, 2.05) is 0 Å². The predicted molar refractivity (Wildman–Crippen MR) is 65.2 cm³/mol. The lowest BCUT2D eigenvalue weighted by Crippen LogP contribution is -2.23. The van der Waals surface area contributed by atoms with Crippen LogP contribution in [0.3, 0.4) is 0 Å². The molecular weight excluding hydrogens is 253 g/mol. The van der Waals surface area contributed by atoms with E-state index in [1.165, 1.54) is 10.6 Å². The summed E-state index contributed by atoms with van der Waals surface area (Å²) in [5.41, 5.74) is -0.325. The standard InChI is InChI=1S/C13H10FNO4/c14-9-7-11(17)15(3-4-16)12-8(9)1-2-10-13(12)19-6-5-18-10/h1-2,4,7H,3,5-6H2. The average molecular weight is 263 g/mol. The van der Waals surface area contributed by atoms with Crippen molar-refractivity contribution in [2.75, 3.05) is 13.2 Å². The number of ether oxygens (including phenoxy) is 2. The van der Waals surface area contributed by atoms with Crippen LogP contribution in [0.4, 0.5) is 4.39 Å². The maximum absolute atomic E-state index is 13.8. The summed E-state index contributed by atoms with van der Waals surface area (Å²) in [5.74, 6) is 0.115. The molecule has 19 heavy (non-hydrogen) atoms. The molecule has 0 aliphatic carbocycles. The van der Waals surface area contributed by atoms with Crippen LogP contribution < -0.4 is 15.0 Å². The van der Waals surface area contributed by atoms with Crippen molar-refractivity contribution in [2.24, 2.45) is 0 Å². The highest BCUT2D eigenvalue weighted by molar-refractivity contribution is 5.88. The van der Waals surface area contributed by atoms with Crippen LogP contribution in [0.25, 0.3) is 10.9 Å². The van der Waals surface area contributed by atoms with E-state index in [9.17, 15) is 14.0 Å². The molecule has 1 aromatic carbocycles. The quantitative estimate of drug-likeness (QED) is 0.762. The van der Waals surface area contributed by atoms with Crippen LogP contribution >= 0.6 is 0 Å². The van der Waals surface area contributed by atoms with Crippen LogP contribution in [-0.2, 0) is 11.3 Å². The number of aromatic nitrogens is 1. The summed E-state index contributed by atoms with van der Waals surface area (Å²) in [4.78, 5) is 22.5. The minimum atomic E-state index is -0.640. The number of hydrogen-bond acceptors (Lipinski definition) is 4. The van der Waals surface area contributed by atoms with Crippen molar-refractivity contribution < 1.29 is 18.7 Å². The second kappa shape index (κ2) is 4.38. The Morgan fingerprint density at radius 3 is 2.89 bits per heavy atom. The molecule has 0 unspecified atom stereocenters. The highest BCUT2D eigenvalue weighted by atomic mass is 19.1. The summed E-state index contributed by atoms with van der Waals surface area (Å²) in [7, 11) is 0. The fourth-order valence-corrected chi connectivity index (χ4v) is 2.19. The number of benzene rings is 1. The van der Waals surface area contributed by atoms with Crippen molar-refractivity contribution >= 4 is 17.2 Å². The largest absolute Gasteiger partial charge is 0.486 e. The fourth-order valence-electron chi connectivity index (χ4n) is 2.19. The fraction of sp³-hybridized carbons (Fsp3) is 0.231. The van der Waals surface area contributed by atoms with E-state index in [1.54, 1.807) is 6.07 Å². The number of fused-ring (bicyclic) bond motifs is 3. The van der Waals surface area contributed by atoms with Gasteiger partial charge in [0.25, 0.3) is 5.56 Å². The number of halogens is 1. The second-order valence-electron chi connectivity index (χ2n) is 4.09. The van der Waals surface area contributed by atoms with Gasteiger partial charge in [0, 0.05) is 11.5 Å². The lowest BCUT2D eigenvalue weighted by Gasteiger charge is -2.21. The van der Waals surface area contributed by atoms with Crippen molar-refractivity contribution in [3.05, 3.63) is 34.4 Å². The lowest BCUT2D eigenvalue weighted by atomic mass is 10.1. The molecule has 0 saturated heterocycles. The first-order valence-corrected chi connectivity index (χ1v) is 5.77. The molecule has 0 fully saturated rings. The summed E-state index contributed by atoms with van der Waals surface area (Å²) in [6, 6.07) is 3.97. The molecule has 0 bridgehead atoms. The Morgan fingerprint density at radius 1 is 1.32 bits per heavy atom. The van der Waals surface area contributed by atoms with Gasteiger partial charge >= 0.3 is 0 Å². The summed E-state index contributed by atoms with van der Waals surface area (Å²) in [6.07, 6.45) is 0.585. The zero-order valence-electron chi connectivity index (χ0n) is 9.89. The Balaban J connectivity index is 2.44. The molecule has 1 aliphatic heterocycles. The zero-order valence-corrected chi connectivity index (χ0v) is 9.89. The van der Waals surface area contributed by atoms with Crippen LogP contribution in [0.1, 0.15) is 0 Å².